The highest BCUT2D eigenvalue weighted by molar-refractivity contribution is 6.07. The highest BCUT2D eigenvalue weighted by Crippen LogP contribution is 2.41. The minimum Gasteiger partial charge on any atom is -0.493 e. The van der Waals surface area contributed by atoms with Crippen molar-refractivity contribution in [3.05, 3.63) is 83.7 Å². The van der Waals surface area contributed by atoms with Gasteiger partial charge in [-0.05, 0) is 30.3 Å². The zero-order chi connectivity index (χ0) is 24.1. The van der Waals surface area contributed by atoms with Gasteiger partial charge in [-0.2, -0.15) is 5.10 Å². The van der Waals surface area contributed by atoms with Gasteiger partial charge < -0.3 is 14.2 Å². The Morgan fingerprint density at radius 2 is 1.62 bits per heavy atom. The number of carbonyl (C=O) groups is 1. The van der Waals surface area contributed by atoms with Crippen molar-refractivity contribution >= 4 is 23.0 Å². The fourth-order valence-electron chi connectivity index (χ4n) is 3.54. The number of amides is 1. The summed E-state index contributed by atoms with van der Waals surface area (Å²) in [7, 11) is 4.58. The first-order valence-corrected chi connectivity index (χ1v) is 10.3. The number of nitrogens with one attached hydrogen (secondary N) is 1. The Morgan fingerprint density at radius 3 is 2.29 bits per heavy atom. The van der Waals surface area contributed by atoms with E-state index in [1.54, 1.807) is 42.5 Å². The van der Waals surface area contributed by atoms with Gasteiger partial charge in [0.25, 0.3) is 5.91 Å². The summed E-state index contributed by atoms with van der Waals surface area (Å²) in [5.74, 6) is 0.494. The number of aromatic nitrogens is 1. The summed E-state index contributed by atoms with van der Waals surface area (Å²) >= 11 is 0. The van der Waals surface area contributed by atoms with Crippen LogP contribution in [0.4, 0.5) is 4.39 Å². The van der Waals surface area contributed by atoms with Crippen molar-refractivity contribution in [3.8, 4) is 28.5 Å². The quantitative estimate of drug-likeness (QED) is 0.316. The Bertz CT molecular complexity index is 1360. The lowest BCUT2D eigenvalue weighted by atomic mass is 10.0. The van der Waals surface area contributed by atoms with Gasteiger partial charge in [0.1, 0.15) is 5.82 Å². The third-order valence-electron chi connectivity index (χ3n) is 5.20. The van der Waals surface area contributed by atoms with E-state index in [-0.39, 0.29) is 5.56 Å². The minimum absolute atomic E-state index is 0.264. The number of rotatable bonds is 7. The van der Waals surface area contributed by atoms with Gasteiger partial charge in [-0.3, -0.25) is 4.79 Å². The summed E-state index contributed by atoms with van der Waals surface area (Å²) < 4.78 is 30.1. The molecule has 1 amide bonds. The molecule has 34 heavy (non-hydrogen) atoms. The van der Waals surface area contributed by atoms with Crippen LogP contribution in [0.2, 0.25) is 0 Å². The predicted molar refractivity (Wildman–Crippen MR) is 128 cm³/mol. The normalized spacial score (nSPS) is 10.9. The average Bonchev–Trinajstić information content (AvgIpc) is 2.88. The molecule has 7 nitrogen and oxygen atoms in total. The molecule has 0 fully saturated rings. The maximum absolute atomic E-state index is 13.8. The van der Waals surface area contributed by atoms with Crippen LogP contribution < -0.4 is 19.6 Å². The molecule has 172 valence electrons. The monoisotopic (exact) mass is 459 g/mol. The number of fused-ring (bicyclic) bond motifs is 1. The van der Waals surface area contributed by atoms with Crippen LogP contribution in [0.25, 0.3) is 22.2 Å². The van der Waals surface area contributed by atoms with Gasteiger partial charge in [-0.15, -0.1) is 0 Å². The van der Waals surface area contributed by atoms with E-state index in [0.29, 0.717) is 45.0 Å². The molecule has 4 aromatic rings. The van der Waals surface area contributed by atoms with Crippen molar-refractivity contribution in [2.24, 2.45) is 5.10 Å². The lowest BCUT2D eigenvalue weighted by Gasteiger charge is -2.15. The van der Waals surface area contributed by atoms with Crippen molar-refractivity contribution < 1.29 is 23.4 Å². The largest absolute Gasteiger partial charge is 0.493 e. The van der Waals surface area contributed by atoms with Crippen LogP contribution in [0.5, 0.6) is 17.2 Å². The molecule has 4 rings (SSSR count). The standard InChI is InChI=1S/C26H22FN3O4/c1-32-23-12-17(13-24(33-2)25(23)34-3)22-14-19(18-9-5-7-11-21(18)29-22)26(31)30-28-15-16-8-4-6-10-20(16)27/h4-15H,1-3H3,(H,30,31)/b28-15+. The number of nitrogens with zero attached hydrogens (tertiary/aromatic N) is 2. The van der Waals surface area contributed by atoms with E-state index in [2.05, 4.69) is 10.5 Å². The number of para-hydroxylation sites is 1. The molecule has 8 heteroatoms. The molecule has 0 saturated heterocycles. The Labute approximate surface area is 195 Å². The fraction of sp³-hybridized carbons (Fsp3) is 0.115. The second-order valence-corrected chi connectivity index (χ2v) is 7.21. The second-order valence-electron chi connectivity index (χ2n) is 7.21. The number of ether oxygens (including phenoxy) is 3. The number of hydrogen-bond acceptors (Lipinski definition) is 6. The number of methoxy groups -OCH3 is 3. The average molecular weight is 459 g/mol. The number of benzene rings is 3. The molecule has 0 aliphatic heterocycles. The van der Waals surface area contributed by atoms with Crippen LogP contribution in [0.15, 0.2) is 71.8 Å². The molecule has 0 unspecified atom stereocenters. The molecule has 0 aliphatic rings. The van der Waals surface area contributed by atoms with Gasteiger partial charge in [0, 0.05) is 16.5 Å². The van der Waals surface area contributed by atoms with E-state index in [1.807, 2.05) is 18.2 Å². The van der Waals surface area contributed by atoms with Crippen LogP contribution in [-0.4, -0.2) is 38.4 Å². The fourth-order valence-corrected chi connectivity index (χ4v) is 3.54. The maximum atomic E-state index is 13.8. The molecule has 0 atom stereocenters. The summed E-state index contributed by atoms with van der Waals surface area (Å²) in [6.45, 7) is 0. The molecule has 0 aliphatic carbocycles. The molecule has 0 bridgehead atoms. The highest BCUT2D eigenvalue weighted by Gasteiger charge is 2.18. The van der Waals surface area contributed by atoms with Gasteiger partial charge in [0.2, 0.25) is 5.75 Å². The van der Waals surface area contributed by atoms with Gasteiger partial charge in [0.15, 0.2) is 11.5 Å². The zero-order valence-electron chi connectivity index (χ0n) is 18.8. The maximum Gasteiger partial charge on any atom is 0.272 e. The number of hydrazone groups is 1. The van der Waals surface area contributed by atoms with Crippen molar-refractivity contribution in [1.82, 2.24) is 10.4 Å². The SMILES string of the molecule is COc1cc(-c2cc(C(=O)N/N=C/c3ccccc3F)c3ccccc3n2)cc(OC)c1OC. The molecule has 1 heterocycles. The van der Waals surface area contributed by atoms with Crippen LogP contribution >= 0.6 is 0 Å². The minimum atomic E-state index is -0.458. The van der Waals surface area contributed by atoms with Crippen molar-refractivity contribution in [3.63, 3.8) is 0 Å². The highest BCUT2D eigenvalue weighted by atomic mass is 19.1. The smallest absolute Gasteiger partial charge is 0.272 e. The van der Waals surface area contributed by atoms with E-state index < -0.39 is 11.7 Å². The molecule has 1 N–H and O–H groups in total. The number of halogens is 1. The Hall–Kier alpha value is -4.46. The molecule has 0 saturated carbocycles. The van der Waals surface area contributed by atoms with Crippen molar-refractivity contribution in [1.29, 1.82) is 0 Å². The first kappa shape index (κ1) is 22.7. The van der Waals surface area contributed by atoms with Gasteiger partial charge >= 0.3 is 0 Å². The van der Waals surface area contributed by atoms with Crippen LogP contribution in [0, 0.1) is 5.82 Å². The van der Waals surface area contributed by atoms with Gasteiger partial charge in [-0.1, -0.05) is 36.4 Å². The van der Waals surface area contributed by atoms with Gasteiger partial charge in [-0.25, -0.2) is 14.8 Å². The number of carbonyl (C=O) groups excluding carboxylic acids is 1. The van der Waals surface area contributed by atoms with Crippen LogP contribution in [0.3, 0.4) is 0 Å². The number of hydrogen-bond donors (Lipinski definition) is 1. The summed E-state index contributed by atoms with van der Waals surface area (Å²) in [4.78, 5) is 17.8. The van der Waals surface area contributed by atoms with E-state index in [4.69, 9.17) is 19.2 Å². The summed E-state index contributed by atoms with van der Waals surface area (Å²) in [6, 6.07) is 18.6. The molecular formula is C26H22FN3O4. The lowest BCUT2D eigenvalue weighted by Crippen LogP contribution is -2.18. The zero-order valence-corrected chi connectivity index (χ0v) is 18.8. The first-order chi connectivity index (χ1) is 16.5. The van der Waals surface area contributed by atoms with E-state index in [0.717, 1.165) is 0 Å². The second kappa shape index (κ2) is 9.99. The molecular weight excluding hydrogens is 437 g/mol. The first-order valence-electron chi connectivity index (χ1n) is 10.3. The summed E-state index contributed by atoms with van der Waals surface area (Å²) in [5, 5.41) is 4.57. The third kappa shape index (κ3) is 4.52. The van der Waals surface area contributed by atoms with Gasteiger partial charge in [0.05, 0.1) is 44.3 Å². The van der Waals surface area contributed by atoms with E-state index in [1.165, 1.54) is 33.6 Å². The van der Waals surface area contributed by atoms with Crippen LogP contribution in [0.1, 0.15) is 15.9 Å². The molecule has 3 aromatic carbocycles. The topological polar surface area (TPSA) is 82.0 Å². The summed E-state index contributed by atoms with van der Waals surface area (Å²) in [5.41, 5.74) is 4.92. The third-order valence-corrected chi connectivity index (χ3v) is 5.20. The Kier molecular flexibility index (Phi) is 6.68. The predicted octanol–water partition coefficient (Wildman–Crippen LogP) is 4.83. The van der Waals surface area contributed by atoms with Crippen molar-refractivity contribution in [2.75, 3.05) is 21.3 Å². The Balaban J connectivity index is 1.76. The lowest BCUT2D eigenvalue weighted by molar-refractivity contribution is 0.0956. The molecule has 0 radical (unpaired) electrons. The van der Waals surface area contributed by atoms with E-state index in [9.17, 15) is 9.18 Å². The van der Waals surface area contributed by atoms with E-state index >= 15 is 0 Å². The summed E-state index contributed by atoms with van der Waals surface area (Å²) in [6.07, 6.45) is 1.26. The number of pyridine rings is 1. The Morgan fingerprint density at radius 1 is 0.941 bits per heavy atom. The van der Waals surface area contributed by atoms with Crippen LogP contribution in [-0.2, 0) is 0 Å². The van der Waals surface area contributed by atoms with Crippen molar-refractivity contribution in [2.45, 2.75) is 0 Å². The molecule has 1 aromatic heterocycles. The molecule has 0 spiro atoms.